The average molecular weight is 453 g/mol. The molecule has 0 saturated heterocycles. The van der Waals surface area contributed by atoms with Crippen LogP contribution in [0.4, 0.5) is 11.5 Å². The van der Waals surface area contributed by atoms with Crippen molar-refractivity contribution in [3.63, 3.8) is 0 Å². The van der Waals surface area contributed by atoms with Gasteiger partial charge in [-0.2, -0.15) is 0 Å². The Hall–Kier alpha value is -4.52. The molecule has 34 heavy (non-hydrogen) atoms. The number of hydrogen-bond acceptors (Lipinski definition) is 6. The second kappa shape index (κ2) is 9.15. The highest BCUT2D eigenvalue weighted by atomic mass is 16.5. The SMILES string of the molecule is COc1cc(C=Cc2cc3c(Nc4ccc5[nH]ccc5c4)ncnc3cc2OC)cc(OC)c1. The minimum Gasteiger partial charge on any atom is -0.497 e. The van der Waals surface area contributed by atoms with E-state index in [1.54, 1.807) is 27.7 Å². The van der Waals surface area contributed by atoms with Crippen LogP contribution in [0.1, 0.15) is 11.1 Å². The fraction of sp³-hybridized carbons (Fsp3) is 0.111. The molecule has 0 amide bonds. The van der Waals surface area contributed by atoms with Gasteiger partial charge in [0, 0.05) is 45.9 Å². The second-order valence-corrected chi connectivity index (χ2v) is 7.72. The number of aromatic amines is 1. The van der Waals surface area contributed by atoms with Crippen LogP contribution in [0.3, 0.4) is 0 Å². The largest absolute Gasteiger partial charge is 0.497 e. The van der Waals surface area contributed by atoms with Gasteiger partial charge in [0.2, 0.25) is 0 Å². The smallest absolute Gasteiger partial charge is 0.141 e. The molecule has 0 aliphatic rings. The third-order valence-electron chi connectivity index (χ3n) is 5.63. The van der Waals surface area contributed by atoms with Crippen molar-refractivity contribution in [1.82, 2.24) is 15.0 Å². The highest BCUT2D eigenvalue weighted by Crippen LogP contribution is 2.32. The van der Waals surface area contributed by atoms with Gasteiger partial charge < -0.3 is 24.5 Å². The molecule has 0 radical (unpaired) electrons. The summed E-state index contributed by atoms with van der Waals surface area (Å²) in [6, 6.07) is 17.9. The minimum absolute atomic E-state index is 0.719. The van der Waals surface area contributed by atoms with Crippen molar-refractivity contribution in [3.8, 4) is 17.2 Å². The van der Waals surface area contributed by atoms with Gasteiger partial charge in [-0.25, -0.2) is 9.97 Å². The number of nitrogens with zero attached hydrogens (tertiary/aromatic N) is 2. The highest BCUT2D eigenvalue weighted by Gasteiger charge is 2.10. The number of nitrogens with one attached hydrogen (secondary N) is 2. The molecular formula is C27H24N4O3. The van der Waals surface area contributed by atoms with Gasteiger partial charge in [0.15, 0.2) is 0 Å². The number of rotatable bonds is 7. The molecule has 0 unspecified atom stereocenters. The first-order valence-corrected chi connectivity index (χ1v) is 10.7. The van der Waals surface area contributed by atoms with Crippen molar-refractivity contribution in [2.75, 3.05) is 26.6 Å². The van der Waals surface area contributed by atoms with Crippen LogP contribution in [-0.4, -0.2) is 36.3 Å². The zero-order valence-corrected chi connectivity index (χ0v) is 19.1. The first kappa shape index (κ1) is 21.3. The highest BCUT2D eigenvalue weighted by molar-refractivity contribution is 5.95. The summed E-state index contributed by atoms with van der Waals surface area (Å²) in [5.74, 6) is 2.89. The number of anilines is 2. The third-order valence-corrected chi connectivity index (χ3v) is 5.63. The Labute approximate surface area is 197 Å². The van der Waals surface area contributed by atoms with Crippen molar-refractivity contribution < 1.29 is 14.2 Å². The molecule has 0 fully saturated rings. The Morgan fingerprint density at radius 1 is 0.824 bits per heavy atom. The number of ether oxygens (including phenoxy) is 3. The normalized spacial score (nSPS) is 11.3. The van der Waals surface area contributed by atoms with Crippen molar-refractivity contribution >= 4 is 45.5 Å². The summed E-state index contributed by atoms with van der Waals surface area (Å²) in [6.07, 6.45) is 7.47. The van der Waals surface area contributed by atoms with E-state index in [0.29, 0.717) is 0 Å². The van der Waals surface area contributed by atoms with Crippen LogP contribution in [0.5, 0.6) is 17.2 Å². The summed E-state index contributed by atoms with van der Waals surface area (Å²) in [4.78, 5) is 12.2. The lowest BCUT2D eigenvalue weighted by Gasteiger charge is -2.12. The molecule has 0 bridgehead atoms. The molecule has 0 saturated carbocycles. The van der Waals surface area contributed by atoms with Crippen LogP contribution in [0.15, 0.2) is 67.1 Å². The Bertz CT molecular complexity index is 1480. The molecule has 3 aromatic carbocycles. The zero-order valence-electron chi connectivity index (χ0n) is 19.1. The standard InChI is InChI=1S/C27H24N4O3/c1-32-21-10-17(11-22(14-21)33-2)4-5-19-13-23-25(15-26(19)34-3)29-16-30-27(23)31-20-6-7-24-18(12-20)8-9-28-24/h4-16,28H,1-3H3,(H,29,30,31). The first-order valence-electron chi connectivity index (χ1n) is 10.7. The van der Waals surface area contributed by atoms with E-state index >= 15 is 0 Å². The van der Waals surface area contributed by atoms with Gasteiger partial charge in [0.1, 0.15) is 29.4 Å². The van der Waals surface area contributed by atoms with E-state index in [0.717, 1.165) is 61.7 Å². The molecule has 5 rings (SSSR count). The third kappa shape index (κ3) is 4.23. The maximum Gasteiger partial charge on any atom is 0.141 e. The molecule has 5 aromatic rings. The molecule has 0 aliphatic heterocycles. The van der Waals surface area contributed by atoms with Gasteiger partial charge in [0.25, 0.3) is 0 Å². The van der Waals surface area contributed by atoms with Crippen molar-refractivity contribution in [2.45, 2.75) is 0 Å². The molecular weight excluding hydrogens is 428 g/mol. The summed E-state index contributed by atoms with van der Waals surface area (Å²) in [5.41, 5.74) is 4.67. The van der Waals surface area contributed by atoms with Crippen LogP contribution >= 0.6 is 0 Å². The number of methoxy groups -OCH3 is 3. The molecule has 0 spiro atoms. The maximum atomic E-state index is 5.64. The van der Waals surface area contributed by atoms with Crippen molar-refractivity contribution in [1.29, 1.82) is 0 Å². The van der Waals surface area contributed by atoms with E-state index < -0.39 is 0 Å². The van der Waals surface area contributed by atoms with Crippen LogP contribution in [0, 0.1) is 0 Å². The number of benzene rings is 3. The summed E-state index contributed by atoms with van der Waals surface area (Å²) in [7, 11) is 4.92. The maximum absolute atomic E-state index is 5.64. The van der Waals surface area contributed by atoms with Crippen LogP contribution in [0.25, 0.3) is 34.0 Å². The van der Waals surface area contributed by atoms with E-state index in [9.17, 15) is 0 Å². The van der Waals surface area contributed by atoms with Gasteiger partial charge in [0.05, 0.1) is 26.8 Å². The Kier molecular flexibility index (Phi) is 5.74. The van der Waals surface area contributed by atoms with Gasteiger partial charge in [-0.15, -0.1) is 0 Å². The minimum atomic E-state index is 0.719. The Morgan fingerprint density at radius 2 is 1.65 bits per heavy atom. The molecule has 2 aromatic heterocycles. The monoisotopic (exact) mass is 452 g/mol. The van der Waals surface area contributed by atoms with E-state index in [1.165, 1.54) is 0 Å². The van der Waals surface area contributed by atoms with Crippen LogP contribution in [0.2, 0.25) is 0 Å². The van der Waals surface area contributed by atoms with Crippen molar-refractivity contribution in [2.24, 2.45) is 0 Å². The van der Waals surface area contributed by atoms with Gasteiger partial charge in [-0.1, -0.05) is 12.2 Å². The number of H-pyrrole nitrogens is 1. The lowest BCUT2D eigenvalue weighted by molar-refractivity contribution is 0.394. The number of hydrogen-bond donors (Lipinski definition) is 2. The van der Waals surface area contributed by atoms with Crippen LogP contribution < -0.4 is 19.5 Å². The van der Waals surface area contributed by atoms with Gasteiger partial charge >= 0.3 is 0 Å². The van der Waals surface area contributed by atoms with Gasteiger partial charge in [-0.3, -0.25) is 0 Å². The molecule has 0 atom stereocenters. The summed E-state index contributed by atoms with van der Waals surface area (Å²) in [6.45, 7) is 0. The van der Waals surface area contributed by atoms with E-state index in [4.69, 9.17) is 14.2 Å². The predicted octanol–water partition coefficient (Wildman–Crippen LogP) is 6.05. The lowest BCUT2D eigenvalue weighted by Crippen LogP contribution is -1.97. The van der Waals surface area contributed by atoms with Crippen LogP contribution in [-0.2, 0) is 0 Å². The summed E-state index contributed by atoms with van der Waals surface area (Å²) >= 11 is 0. The quantitative estimate of drug-likeness (QED) is 0.293. The Morgan fingerprint density at radius 3 is 2.41 bits per heavy atom. The van der Waals surface area contributed by atoms with E-state index in [2.05, 4.69) is 26.3 Å². The van der Waals surface area contributed by atoms with E-state index in [-0.39, 0.29) is 0 Å². The summed E-state index contributed by atoms with van der Waals surface area (Å²) in [5, 5.41) is 5.45. The fourth-order valence-electron chi connectivity index (χ4n) is 3.89. The molecule has 2 heterocycles. The van der Waals surface area contributed by atoms with Crippen molar-refractivity contribution in [3.05, 3.63) is 78.2 Å². The fourth-order valence-corrected chi connectivity index (χ4v) is 3.89. The molecule has 2 N–H and O–H groups in total. The topological polar surface area (TPSA) is 81.3 Å². The average Bonchev–Trinajstić information content (AvgIpc) is 3.35. The summed E-state index contributed by atoms with van der Waals surface area (Å²) < 4.78 is 16.4. The Balaban J connectivity index is 1.54. The second-order valence-electron chi connectivity index (χ2n) is 7.72. The van der Waals surface area contributed by atoms with Gasteiger partial charge in [-0.05, 0) is 48.0 Å². The predicted molar refractivity (Wildman–Crippen MR) is 136 cm³/mol. The molecule has 7 nitrogen and oxygen atoms in total. The lowest BCUT2D eigenvalue weighted by atomic mass is 10.1. The zero-order chi connectivity index (χ0) is 23.5. The molecule has 7 heteroatoms. The number of aromatic nitrogens is 3. The molecule has 0 aliphatic carbocycles. The first-order chi connectivity index (χ1) is 16.7. The molecule has 170 valence electrons. The van der Waals surface area contributed by atoms with E-state index in [1.807, 2.05) is 66.9 Å². The number of fused-ring (bicyclic) bond motifs is 2.